The zero-order valence-electron chi connectivity index (χ0n) is 20.1. The number of aliphatic hydroxyl groups is 1. The van der Waals surface area contributed by atoms with E-state index in [2.05, 4.69) is 24.7 Å². The number of quaternary nitrogens is 1. The number of likely N-dealkylation sites (N-methyl/N-ethyl adjacent to an activating group) is 1. The van der Waals surface area contributed by atoms with E-state index in [-0.39, 0.29) is 39.1 Å². The number of carboxylic acid groups (broad SMARTS) is 1. The number of aromatic nitrogens is 2. The Hall–Kier alpha value is -3.54. The molecular formula is C20H26N8O7S2. The lowest BCUT2D eigenvalue weighted by Crippen LogP contribution is -2.71. The molecule has 1 saturated heterocycles. The van der Waals surface area contributed by atoms with Crippen molar-refractivity contribution >= 4 is 57.8 Å². The number of carboxylic acids is 1. The van der Waals surface area contributed by atoms with Gasteiger partial charge < -0.3 is 41.1 Å². The third kappa shape index (κ3) is 5.74. The number of allylic oxidation sites excluding steroid dienone is 1. The monoisotopic (exact) mass is 554 g/mol. The van der Waals surface area contributed by atoms with Crippen LogP contribution in [0.25, 0.3) is 0 Å². The summed E-state index contributed by atoms with van der Waals surface area (Å²) >= 11 is 2.09. The fourth-order valence-electron chi connectivity index (χ4n) is 3.83. The largest absolute Gasteiger partial charge is 0.543 e. The van der Waals surface area contributed by atoms with Gasteiger partial charge in [-0.1, -0.05) is 11.2 Å². The van der Waals surface area contributed by atoms with Gasteiger partial charge in [-0.05, 0) is 11.6 Å². The molecule has 3 amide bonds. The number of β-lactam (4-membered cyclic amide) rings is 1. The minimum absolute atomic E-state index is 0.0354. The summed E-state index contributed by atoms with van der Waals surface area (Å²) < 4.78 is 3.95. The number of hydrogen-bond acceptors (Lipinski definition) is 13. The Bertz CT molecular complexity index is 1200. The summed E-state index contributed by atoms with van der Waals surface area (Å²) in [6.45, 7) is -0.200. The lowest BCUT2D eigenvalue weighted by Gasteiger charge is -2.50. The Labute approximate surface area is 219 Å². The molecule has 2 aliphatic heterocycles. The molecule has 0 aliphatic carbocycles. The number of carbonyl (C=O) groups excluding carboxylic acids is 4. The molecule has 2 aliphatic rings. The maximum absolute atomic E-state index is 12.9. The second-order valence-electron chi connectivity index (χ2n) is 8.57. The van der Waals surface area contributed by atoms with Gasteiger partial charge in [-0.25, -0.2) is 0 Å². The fraction of sp³-hybridized carbons (Fsp3) is 0.450. The smallest absolute Gasteiger partial charge is 0.278 e. The lowest BCUT2D eigenvalue weighted by atomic mass is 10.0. The third-order valence-electron chi connectivity index (χ3n) is 5.77. The summed E-state index contributed by atoms with van der Waals surface area (Å²) in [5, 5.41) is 27.0. The van der Waals surface area contributed by atoms with E-state index in [1.165, 1.54) is 24.9 Å². The summed E-state index contributed by atoms with van der Waals surface area (Å²) in [7, 11) is 4.61. The number of nitrogen functional groups attached to an aromatic ring is 1. The van der Waals surface area contributed by atoms with E-state index in [1.807, 2.05) is 0 Å². The molecule has 0 unspecified atom stereocenters. The molecule has 200 valence electrons. The molecular weight excluding hydrogens is 528 g/mol. The molecule has 0 spiro atoms. The van der Waals surface area contributed by atoms with Gasteiger partial charge >= 0.3 is 0 Å². The van der Waals surface area contributed by atoms with Crippen LogP contribution in [-0.4, -0.2) is 111 Å². The molecule has 1 fully saturated rings. The number of carbonyl (C=O) groups is 4. The summed E-state index contributed by atoms with van der Waals surface area (Å²) in [5.41, 5.74) is 10.6. The summed E-state index contributed by atoms with van der Waals surface area (Å²) in [4.78, 5) is 58.9. The minimum Gasteiger partial charge on any atom is -0.543 e. The van der Waals surface area contributed by atoms with Gasteiger partial charge in [0.2, 0.25) is 11.5 Å². The number of rotatable bonds is 11. The number of nitrogens with two attached hydrogens (primary N) is 2. The molecule has 3 rings (SSSR count). The number of aliphatic hydroxyl groups excluding tert-OH is 1. The molecule has 37 heavy (non-hydrogen) atoms. The van der Waals surface area contributed by atoms with Gasteiger partial charge in [-0.2, -0.15) is 9.36 Å². The van der Waals surface area contributed by atoms with Crippen molar-refractivity contribution in [2.24, 2.45) is 10.9 Å². The van der Waals surface area contributed by atoms with E-state index in [1.54, 1.807) is 20.2 Å². The van der Waals surface area contributed by atoms with Crippen LogP contribution < -0.4 is 21.9 Å². The fourth-order valence-corrected chi connectivity index (χ4v) is 5.58. The van der Waals surface area contributed by atoms with Crippen molar-refractivity contribution in [3.63, 3.8) is 0 Å². The van der Waals surface area contributed by atoms with Gasteiger partial charge in [0.25, 0.3) is 17.7 Å². The highest BCUT2D eigenvalue weighted by Gasteiger charge is 2.53. The number of nitrogens with one attached hydrogen (secondary N) is 1. The number of nitrogens with zero attached hydrogens (tertiary/aromatic N) is 5. The van der Waals surface area contributed by atoms with E-state index >= 15 is 0 Å². The van der Waals surface area contributed by atoms with Gasteiger partial charge in [0.15, 0.2) is 11.2 Å². The highest BCUT2D eigenvalue weighted by Crippen LogP contribution is 2.40. The molecule has 6 N–H and O–H groups in total. The van der Waals surface area contributed by atoms with Crippen LogP contribution in [0, 0.1) is 0 Å². The molecule has 0 radical (unpaired) electrons. The Balaban J connectivity index is 1.76. The molecule has 0 bridgehead atoms. The van der Waals surface area contributed by atoms with Crippen LogP contribution in [0.3, 0.4) is 0 Å². The SMILES string of the molecule is CO/N=C(\C(=O)N[C@@H]1C(=O)N2C(C(=O)[O-])=C(/C=C/C[N+](C)(C)[C@H](CO)C(N)=O)CS[C@H]12)c1nsc(N)n1. The molecule has 3 atom stereocenters. The Kier molecular flexibility index (Phi) is 8.52. The normalized spacial score (nSPS) is 20.9. The Morgan fingerprint density at radius 2 is 2.14 bits per heavy atom. The lowest BCUT2D eigenvalue weighted by molar-refractivity contribution is -0.900. The quantitative estimate of drug-likeness (QED) is 0.0902. The molecule has 0 saturated carbocycles. The summed E-state index contributed by atoms with van der Waals surface area (Å²) in [6, 6.07) is -1.89. The van der Waals surface area contributed by atoms with Crippen LogP contribution in [0.4, 0.5) is 5.13 Å². The number of anilines is 1. The van der Waals surface area contributed by atoms with Gasteiger partial charge in [-0.3, -0.25) is 19.3 Å². The van der Waals surface area contributed by atoms with Crippen LogP contribution in [0.15, 0.2) is 28.6 Å². The standard InChI is InChI=1S/C20H26N8O7S2/c1-28(2,10(7-29)14(21)30)6-4-5-9-8-36-18-12(17(32)27(18)13(9)19(33)34)23-16(31)11(25-35-3)15-24-20(22)37-26-15/h4-5,10,12,18,29H,6-8H2,1-3H3,(H5-,21,22,23,24,26,30,31,33,34)/b5-4+,25-11-/t10-,12-,18-/m1/s1. The van der Waals surface area contributed by atoms with Crippen molar-refractivity contribution in [3.05, 3.63) is 29.2 Å². The summed E-state index contributed by atoms with van der Waals surface area (Å²) in [5.74, 6) is -3.54. The van der Waals surface area contributed by atoms with Crippen LogP contribution in [0.2, 0.25) is 0 Å². The van der Waals surface area contributed by atoms with Crippen molar-refractivity contribution in [1.29, 1.82) is 0 Å². The maximum atomic E-state index is 12.9. The number of fused-ring (bicyclic) bond motifs is 1. The second-order valence-corrected chi connectivity index (χ2v) is 10.5. The molecule has 15 nitrogen and oxygen atoms in total. The van der Waals surface area contributed by atoms with Crippen molar-refractivity contribution in [2.45, 2.75) is 17.5 Å². The van der Waals surface area contributed by atoms with Gasteiger partial charge in [0.05, 0.1) is 32.3 Å². The van der Waals surface area contributed by atoms with Gasteiger partial charge in [-0.15, -0.1) is 11.8 Å². The van der Waals surface area contributed by atoms with Crippen LogP contribution in [-0.2, 0) is 24.0 Å². The van der Waals surface area contributed by atoms with Crippen molar-refractivity contribution in [1.82, 2.24) is 19.6 Å². The first kappa shape index (κ1) is 28.0. The van der Waals surface area contributed by atoms with Gasteiger partial charge in [0, 0.05) is 17.3 Å². The van der Waals surface area contributed by atoms with E-state index in [0.29, 0.717) is 5.57 Å². The van der Waals surface area contributed by atoms with Crippen LogP contribution >= 0.6 is 23.3 Å². The highest BCUT2D eigenvalue weighted by molar-refractivity contribution is 8.00. The average Bonchev–Trinajstić information content (AvgIpc) is 3.25. The van der Waals surface area contributed by atoms with E-state index < -0.39 is 47.8 Å². The zero-order valence-corrected chi connectivity index (χ0v) is 21.7. The molecule has 1 aromatic rings. The van der Waals surface area contributed by atoms with E-state index in [0.717, 1.165) is 16.4 Å². The first-order chi connectivity index (χ1) is 17.4. The van der Waals surface area contributed by atoms with E-state index in [4.69, 9.17) is 11.5 Å². The predicted octanol–water partition coefficient (Wildman–Crippen LogP) is -3.65. The van der Waals surface area contributed by atoms with E-state index in [9.17, 15) is 29.4 Å². The molecule has 3 heterocycles. The maximum Gasteiger partial charge on any atom is 0.278 e. The van der Waals surface area contributed by atoms with Crippen LogP contribution in [0.1, 0.15) is 5.82 Å². The number of amides is 3. The first-order valence-corrected chi connectivity index (χ1v) is 12.5. The number of primary amides is 1. The third-order valence-corrected chi connectivity index (χ3v) is 7.61. The van der Waals surface area contributed by atoms with Gasteiger partial charge in [0.1, 0.15) is 25.1 Å². The van der Waals surface area contributed by atoms with Crippen molar-refractivity contribution < 1.29 is 38.7 Å². The Morgan fingerprint density at radius 3 is 2.68 bits per heavy atom. The Morgan fingerprint density at radius 1 is 1.43 bits per heavy atom. The van der Waals surface area contributed by atoms with Crippen molar-refractivity contribution in [3.8, 4) is 0 Å². The average molecular weight is 555 g/mol. The topological polar surface area (TPSA) is 226 Å². The highest BCUT2D eigenvalue weighted by atomic mass is 32.2. The molecule has 1 aromatic heterocycles. The minimum atomic E-state index is -1.55. The second kappa shape index (κ2) is 11.2. The number of hydrogen-bond donors (Lipinski definition) is 4. The number of aliphatic carboxylic acids is 1. The summed E-state index contributed by atoms with van der Waals surface area (Å²) in [6.07, 6.45) is 3.17. The zero-order chi connectivity index (χ0) is 27.5. The first-order valence-electron chi connectivity index (χ1n) is 10.7. The number of thioether (sulfide) groups is 1. The predicted molar refractivity (Wildman–Crippen MR) is 131 cm³/mol. The van der Waals surface area contributed by atoms with Crippen molar-refractivity contribution in [2.75, 3.05) is 45.8 Å². The van der Waals surface area contributed by atoms with Crippen LogP contribution in [0.5, 0.6) is 0 Å². The molecule has 0 aromatic carbocycles. The number of oxime groups is 1. The molecule has 17 heteroatoms.